The Morgan fingerprint density at radius 2 is 1.83 bits per heavy atom. The van der Waals surface area contributed by atoms with Crippen molar-refractivity contribution in [3.8, 4) is 5.75 Å². The minimum Gasteiger partial charge on any atom is -0.495 e. The predicted molar refractivity (Wildman–Crippen MR) is 84.0 cm³/mol. The molecule has 0 saturated heterocycles. The van der Waals surface area contributed by atoms with Crippen LogP contribution in [0.3, 0.4) is 0 Å². The van der Waals surface area contributed by atoms with Crippen LogP contribution in [-0.2, 0) is 9.59 Å². The first-order valence-corrected chi connectivity index (χ1v) is 7.93. The Balaban J connectivity index is 1.63. The number of hydrogen-bond acceptors (Lipinski definition) is 3. The van der Waals surface area contributed by atoms with Crippen LogP contribution in [0.1, 0.15) is 12.8 Å². The molecule has 1 spiro atoms. The zero-order chi connectivity index (χ0) is 16.2. The third-order valence-electron chi connectivity index (χ3n) is 5.79. The third-order valence-corrected chi connectivity index (χ3v) is 5.79. The van der Waals surface area contributed by atoms with Crippen LogP contribution in [0.4, 0.5) is 5.69 Å². The molecule has 0 aliphatic heterocycles. The van der Waals surface area contributed by atoms with Gasteiger partial charge in [0.25, 0.3) is 0 Å². The fourth-order valence-corrected chi connectivity index (χ4v) is 4.65. The minimum atomic E-state index is -0.867. The van der Waals surface area contributed by atoms with Crippen molar-refractivity contribution in [2.75, 3.05) is 12.4 Å². The van der Waals surface area contributed by atoms with E-state index in [1.54, 1.807) is 19.2 Å². The van der Waals surface area contributed by atoms with Crippen LogP contribution in [0, 0.1) is 29.1 Å². The highest BCUT2D eigenvalue weighted by Gasteiger charge is 2.70. The van der Waals surface area contributed by atoms with Gasteiger partial charge in [-0.15, -0.1) is 0 Å². The highest BCUT2D eigenvalue weighted by molar-refractivity contribution is 5.97. The van der Waals surface area contributed by atoms with Crippen LogP contribution in [0.5, 0.6) is 5.75 Å². The number of nitrogens with one attached hydrogen (secondary N) is 1. The first-order chi connectivity index (χ1) is 11.1. The number of carboxylic acids is 1. The molecule has 5 heteroatoms. The zero-order valence-electron chi connectivity index (χ0n) is 12.9. The van der Waals surface area contributed by atoms with E-state index in [4.69, 9.17) is 4.74 Å². The Hall–Kier alpha value is -2.30. The van der Waals surface area contributed by atoms with Gasteiger partial charge >= 0.3 is 5.97 Å². The largest absolute Gasteiger partial charge is 0.495 e. The molecule has 4 atom stereocenters. The van der Waals surface area contributed by atoms with Gasteiger partial charge in [-0.3, -0.25) is 9.59 Å². The van der Waals surface area contributed by atoms with E-state index in [0.29, 0.717) is 11.4 Å². The number of carboxylic acid groups (broad SMARTS) is 1. The molecule has 0 radical (unpaired) electrons. The SMILES string of the molecule is COc1ccccc1NC(=O)[C@@H]1[C@H](C(=O)O)[C@H]2C=C[C@H]1C21CC1. The van der Waals surface area contributed by atoms with E-state index in [2.05, 4.69) is 11.4 Å². The topological polar surface area (TPSA) is 75.6 Å². The molecule has 4 rings (SSSR count). The van der Waals surface area contributed by atoms with E-state index in [-0.39, 0.29) is 23.2 Å². The lowest BCUT2D eigenvalue weighted by Crippen LogP contribution is -2.36. The summed E-state index contributed by atoms with van der Waals surface area (Å²) in [5.74, 6) is -1.59. The van der Waals surface area contributed by atoms with Gasteiger partial charge in [0.2, 0.25) is 5.91 Å². The maximum atomic E-state index is 12.8. The molecule has 2 N–H and O–H groups in total. The van der Waals surface area contributed by atoms with Crippen molar-refractivity contribution in [2.24, 2.45) is 29.1 Å². The molecule has 0 unspecified atom stereocenters. The number of anilines is 1. The van der Waals surface area contributed by atoms with Crippen LogP contribution in [0.15, 0.2) is 36.4 Å². The van der Waals surface area contributed by atoms with Crippen molar-refractivity contribution in [3.63, 3.8) is 0 Å². The molecule has 2 fully saturated rings. The molecule has 0 aromatic heterocycles. The smallest absolute Gasteiger partial charge is 0.307 e. The van der Waals surface area contributed by atoms with Crippen LogP contribution in [0.25, 0.3) is 0 Å². The Bertz CT molecular complexity index is 707. The number of rotatable bonds is 4. The van der Waals surface area contributed by atoms with Crippen molar-refractivity contribution < 1.29 is 19.4 Å². The summed E-state index contributed by atoms with van der Waals surface area (Å²) in [6, 6.07) is 7.18. The number of carbonyl (C=O) groups excluding carboxylic acids is 1. The van der Waals surface area contributed by atoms with Gasteiger partial charge in [0.05, 0.1) is 24.6 Å². The molecule has 0 heterocycles. The van der Waals surface area contributed by atoms with Gasteiger partial charge in [-0.1, -0.05) is 24.3 Å². The quantitative estimate of drug-likeness (QED) is 0.838. The standard InChI is InChI=1S/C18H19NO4/c1-23-13-5-3-2-4-12(13)19-16(20)14-10-6-7-11(15(14)17(21)22)18(10)8-9-18/h2-7,10-11,14-15H,8-9H2,1H3,(H,19,20)(H,21,22)/t10-,11-,14+,15-/m1/s1. The second-order valence-corrected chi connectivity index (χ2v) is 6.75. The van der Waals surface area contributed by atoms with E-state index in [1.807, 2.05) is 18.2 Å². The van der Waals surface area contributed by atoms with Crippen LogP contribution in [-0.4, -0.2) is 24.1 Å². The van der Waals surface area contributed by atoms with Crippen molar-refractivity contribution in [1.29, 1.82) is 0 Å². The summed E-state index contributed by atoms with van der Waals surface area (Å²) >= 11 is 0. The fourth-order valence-electron chi connectivity index (χ4n) is 4.65. The van der Waals surface area contributed by atoms with Crippen molar-refractivity contribution in [2.45, 2.75) is 12.8 Å². The van der Waals surface area contributed by atoms with Gasteiger partial charge in [-0.2, -0.15) is 0 Å². The van der Waals surface area contributed by atoms with Gasteiger partial charge in [0.15, 0.2) is 0 Å². The van der Waals surface area contributed by atoms with Crippen molar-refractivity contribution in [1.82, 2.24) is 0 Å². The highest BCUT2D eigenvalue weighted by Crippen LogP contribution is 2.72. The Morgan fingerprint density at radius 1 is 1.17 bits per heavy atom. The minimum absolute atomic E-state index is 0.00146. The van der Waals surface area contributed by atoms with Crippen molar-refractivity contribution >= 4 is 17.6 Å². The van der Waals surface area contributed by atoms with E-state index >= 15 is 0 Å². The molecule has 2 bridgehead atoms. The number of methoxy groups -OCH3 is 1. The van der Waals surface area contributed by atoms with Gasteiger partial charge < -0.3 is 15.2 Å². The summed E-state index contributed by atoms with van der Waals surface area (Å²) in [6.07, 6.45) is 6.13. The molecule has 120 valence electrons. The maximum Gasteiger partial charge on any atom is 0.307 e. The first kappa shape index (κ1) is 14.3. The van der Waals surface area contributed by atoms with Crippen LogP contribution in [0.2, 0.25) is 0 Å². The molecule has 1 aromatic carbocycles. The second-order valence-electron chi connectivity index (χ2n) is 6.75. The molecule has 3 aliphatic carbocycles. The van der Waals surface area contributed by atoms with E-state index < -0.39 is 17.8 Å². The summed E-state index contributed by atoms with van der Waals surface area (Å²) < 4.78 is 5.25. The summed E-state index contributed by atoms with van der Waals surface area (Å²) in [5.41, 5.74) is 0.618. The van der Waals surface area contributed by atoms with Gasteiger partial charge in [0.1, 0.15) is 5.75 Å². The van der Waals surface area contributed by atoms with Gasteiger partial charge in [-0.25, -0.2) is 0 Å². The first-order valence-electron chi connectivity index (χ1n) is 7.93. The van der Waals surface area contributed by atoms with Crippen LogP contribution >= 0.6 is 0 Å². The fraction of sp³-hybridized carbons (Fsp3) is 0.444. The predicted octanol–water partition coefficient (Wildman–Crippen LogP) is 2.55. The number of allylic oxidation sites excluding steroid dienone is 2. The number of para-hydroxylation sites is 2. The number of hydrogen-bond donors (Lipinski definition) is 2. The summed E-state index contributed by atoms with van der Waals surface area (Å²) in [5, 5.41) is 12.5. The molecular weight excluding hydrogens is 294 g/mol. The Morgan fingerprint density at radius 3 is 2.43 bits per heavy atom. The number of aliphatic carboxylic acids is 1. The van der Waals surface area contributed by atoms with Crippen molar-refractivity contribution in [3.05, 3.63) is 36.4 Å². The average molecular weight is 313 g/mol. The molecular formula is C18H19NO4. The van der Waals surface area contributed by atoms with Gasteiger partial charge in [0, 0.05) is 0 Å². The lowest BCUT2D eigenvalue weighted by molar-refractivity contribution is -0.146. The Kier molecular flexibility index (Phi) is 3.01. The number of ether oxygens (including phenoxy) is 1. The Labute approximate surface area is 134 Å². The second kappa shape index (κ2) is 4.85. The van der Waals surface area contributed by atoms with E-state index in [9.17, 15) is 14.7 Å². The zero-order valence-corrected chi connectivity index (χ0v) is 12.9. The molecule has 23 heavy (non-hydrogen) atoms. The molecule has 1 aromatic rings. The number of benzene rings is 1. The average Bonchev–Trinajstić information content (AvgIpc) is 3.21. The summed E-state index contributed by atoms with van der Waals surface area (Å²) in [7, 11) is 1.55. The molecule has 1 amide bonds. The molecule has 2 saturated carbocycles. The van der Waals surface area contributed by atoms with E-state index in [0.717, 1.165) is 12.8 Å². The third kappa shape index (κ3) is 1.92. The van der Waals surface area contributed by atoms with Gasteiger partial charge in [-0.05, 0) is 42.2 Å². The molecule has 5 nitrogen and oxygen atoms in total. The van der Waals surface area contributed by atoms with E-state index in [1.165, 1.54) is 0 Å². The number of carbonyl (C=O) groups is 2. The normalized spacial score (nSPS) is 32.0. The lowest BCUT2D eigenvalue weighted by atomic mass is 9.82. The summed E-state index contributed by atoms with van der Waals surface area (Å²) in [4.78, 5) is 24.6. The monoisotopic (exact) mass is 313 g/mol. The summed E-state index contributed by atoms with van der Waals surface area (Å²) in [6.45, 7) is 0. The highest BCUT2D eigenvalue weighted by atomic mass is 16.5. The van der Waals surface area contributed by atoms with Crippen LogP contribution < -0.4 is 10.1 Å². The number of amides is 1. The lowest BCUT2D eigenvalue weighted by Gasteiger charge is -2.24. The maximum absolute atomic E-state index is 12.8. The molecule has 3 aliphatic rings.